The number of aromatic nitrogens is 2. The van der Waals surface area contributed by atoms with E-state index < -0.39 is 11.8 Å². The second-order valence-corrected chi connectivity index (χ2v) is 7.25. The van der Waals surface area contributed by atoms with Crippen molar-refractivity contribution in [2.24, 2.45) is 0 Å². The fourth-order valence-electron chi connectivity index (χ4n) is 3.09. The zero-order valence-corrected chi connectivity index (χ0v) is 18.3. The Kier molecular flexibility index (Phi) is 6.85. The van der Waals surface area contributed by atoms with Crippen LogP contribution >= 0.6 is 11.6 Å². The van der Waals surface area contributed by atoms with E-state index in [1.54, 1.807) is 42.5 Å². The minimum absolute atomic E-state index is 0.00546. The number of benzene rings is 3. The molecule has 0 saturated heterocycles. The van der Waals surface area contributed by atoms with Crippen molar-refractivity contribution in [1.82, 2.24) is 9.97 Å². The number of hydrogen-bond acceptors (Lipinski definition) is 7. The third kappa shape index (κ3) is 5.30. The van der Waals surface area contributed by atoms with Crippen molar-refractivity contribution in [3.63, 3.8) is 0 Å². The van der Waals surface area contributed by atoms with Gasteiger partial charge in [-0.3, -0.25) is 0 Å². The van der Waals surface area contributed by atoms with Crippen LogP contribution in [0.3, 0.4) is 0 Å². The number of fused-ring (bicyclic) bond motifs is 1. The maximum absolute atomic E-state index is 13.5. The second-order valence-electron chi connectivity index (χ2n) is 6.85. The maximum Gasteiger partial charge on any atom is 0.338 e. The van der Waals surface area contributed by atoms with Gasteiger partial charge in [0.15, 0.2) is 11.5 Å². The molecular weight excluding hydrogens is 449 g/mol. The predicted molar refractivity (Wildman–Crippen MR) is 123 cm³/mol. The third-order valence-electron chi connectivity index (χ3n) is 4.69. The van der Waals surface area contributed by atoms with Crippen LogP contribution in [-0.4, -0.2) is 36.3 Å². The normalized spacial score (nSPS) is 10.6. The number of halogens is 2. The van der Waals surface area contributed by atoms with E-state index in [1.165, 1.54) is 25.6 Å². The van der Waals surface area contributed by atoms with Gasteiger partial charge in [-0.1, -0.05) is 29.8 Å². The summed E-state index contributed by atoms with van der Waals surface area (Å²) < 4.78 is 29.9. The predicted octanol–water partition coefficient (Wildman–Crippen LogP) is 5.41. The Morgan fingerprint density at radius 3 is 2.61 bits per heavy atom. The highest BCUT2D eigenvalue weighted by Crippen LogP contribution is 2.35. The molecule has 1 heterocycles. The smallest absolute Gasteiger partial charge is 0.338 e. The summed E-state index contributed by atoms with van der Waals surface area (Å²) in [5.74, 6) is 0.429. The summed E-state index contributed by atoms with van der Waals surface area (Å²) in [5, 5.41) is 3.75. The van der Waals surface area contributed by atoms with Gasteiger partial charge in [0.05, 0.1) is 23.2 Å². The van der Waals surface area contributed by atoms with Gasteiger partial charge in [-0.2, -0.15) is 0 Å². The van der Waals surface area contributed by atoms with E-state index in [9.17, 15) is 9.18 Å². The molecule has 0 saturated carbocycles. The molecule has 9 heteroatoms. The second kappa shape index (κ2) is 10.1. The van der Waals surface area contributed by atoms with Crippen LogP contribution in [0.15, 0.2) is 67.0 Å². The number of carbonyl (C=O) groups is 1. The van der Waals surface area contributed by atoms with Crippen molar-refractivity contribution in [3.8, 4) is 11.5 Å². The first-order chi connectivity index (χ1) is 16.0. The Bertz CT molecular complexity index is 1290. The molecule has 0 aliphatic rings. The minimum Gasteiger partial charge on any atom is -0.493 e. The Balaban J connectivity index is 1.50. The monoisotopic (exact) mass is 467 g/mol. The molecule has 0 bridgehead atoms. The van der Waals surface area contributed by atoms with Gasteiger partial charge in [-0.25, -0.2) is 19.2 Å². The standard InChI is InChI=1S/C24H19ClFN3O4/c1-31-21-13-20-17(23(28-14-27-20)29-16-7-8-19(26)18(25)11-16)12-22(21)32-9-10-33-24(30)15-5-3-2-4-6-15/h2-8,11-14H,9-10H2,1H3,(H,27,28,29). The molecule has 0 atom stereocenters. The van der Waals surface area contributed by atoms with Crippen molar-refractivity contribution in [2.45, 2.75) is 0 Å². The van der Waals surface area contributed by atoms with Crippen LogP contribution in [0.1, 0.15) is 10.4 Å². The van der Waals surface area contributed by atoms with Gasteiger partial charge in [0.1, 0.15) is 31.2 Å². The van der Waals surface area contributed by atoms with Gasteiger partial charge < -0.3 is 19.5 Å². The number of carbonyl (C=O) groups excluding carboxylic acids is 1. The molecule has 0 amide bonds. The van der Waals surface area contributed by atoms with E-state index >= 15 is 0 Å². The van der Waals surface area contributed by atoms with Crippen LogP contribution < -0.4 is 14.8 Å². The number of ether oxygens (including phenoxy) is 3. The van der Waals surface area contributed by atoms with Crippen LogP contribution in [0.25, 0.3) is 10.9 Å². The Labute approximate surface area is 194 Å². The van der Waals surface area contributed by atoms with E-state index in [0.29, 0.717) is 39.5 Å². The summed E-state index contributed by atoms with van der Waals surface area (Å²) in [6.45, 7) is 0.170. The zero-order chi connectivity index (χ0) is 23.2. The first-order valence-electron chi connectivity index (χ1n) is 9.95. The van der Waals surface area contributed by atoms with Crippen LogP contribution in [-0.2, 0) is 4.74 Å². The van der Waals surface area contributed by atoms with Crippen LogP contribution in [0, 0.1) is 5.82 Å². The quantitative estimate of drug-likeness (QED) is 0.274. The summed E-state index contributed by atoms with van der Waals surface area (Å²) in [7, 11) is 1.52. The van der Waals surface area contributed by atoms with Gasteiger partial charge in [-0.05, 0) is 36.4 Å². The third-order valence-corrected chi connectivity index (χ3v) is 4.98. The largest absolute Gasteiger partial charge is 0.493 e. The zero-order valence-electron chi connectivity index (χ0n) is 17.5. The van der Waals surface area contributed by atoms with Gasteiger partial charge >= 0.3 is 5.97 Å². The molecule has 1 aromatic heterocycles. The highest BCUT2D eigenvalue weighted by molar-refractivity contribution is 6.31. The number of esters is 1. The Hall–Kier alpha value is -3.91. The average Bonchev–Trinajstić information content (AvgIpc) is 2.84. The highest BCUT2D eigenvalue weighted by atomic mass is 35.5. The van der Waals surface area contributed by atoms with Crippen molar-refractivity contribution >= 4 is 40.0 Å². The maximum atomic E-state index is 13.5. The molecule has 3 aromatic carbocycles. The molecule has 0 radical (unpaired) electrons. The fraction of sp³-hybridized carbons (Fsp3) is 0.125. The van der Waals surface area contributed by atoms with E-state index in [4.69, 9.17) is 25.8 Å². The number of methoxy groups -OCH3 is 1. The van der Waals surface area contributed by atoms with Gasteiger partial charge in [0.25, 0.3) is 0 Å². The van der Waals surface area contributed by atoms with Gasteiger partial charge in [0, 0.05) is 17.1 Å². The highest BCUT2D eigenvalue weighted by Gasteiger charge is 2.13. The Morgan fingerprint density at radius 2 is 1.85 bits per heavy atom. The number of nitrogens with zero attached hydrogens (tertiary/aromatic N) is 2. The summed E-state index contributed by atoms with van der Waals surface area (Å²) >= 11 is 5.88. The van der Waals surface area contributed by atoms with Crippen molar-refractivity contribution in [3.05, 3.63) is 83.4 Å². The first-order valence-corrected chi connectivity index (χ1v) is 10.3. The molecule has 0 aliphatic heterocycles. The first kappa shape index (κ1) is 22.3. The van der Waals surface area contributed by atoms with E-state index in [2.05, 4.69) is 15.3 Å². The number of hydrogen-bond donors (Lipinski definition) is 1. The molecule has 168 valence electrons. The average molecular weight is 468 g/mol. The lowest BCUT2D eigenvalue weighted by molar-refractivity contribution is 0.0449. The SMILES string of the molecule is COc1cc2ncnc(Nc3ccc(F)c(Cl)c3)c2cc1OCCOC(=O)c1ccccc1. The molecule has 4 rings (SSSR count). The van der Waals surface area contributed by atoms with Crippen LogP contribution in [0.5, 0.6) is 11.5 Å². The van der Waals surface area contributed by atoms with Crippen molar-refractivity contribution in [1.29, 1.82) is 0 Å². The minimum atomic E-state index is -0.511. The van der Waals surface area contributed by atoms with E-state index in [1.807, 2.05) is 6.07 Å². The molecule has 4 aromatic rings. The summed E-state index contributed by atoms with van der Waals surface area (Å²) in [5.41, 5.74) is 1.64. The summed E-state index contributed by atoms with van der Waals surface area (Å²) in [4.78, 5) is 20.6. The number of rotatable bonds is 8. The van der Waals surface area contributed by atoms with E-state index in [-0.39, 0.29) is 18.2 Å². The number of nitrogens with one attached hydrogen (secondary N) is 1. The lowest BCUT2D eigenvalue weighted by Crippen LogP contribution is -2.12. The topological polar surface area (TPSA) is 82.6 Å². The molecule has 0 unspecified atom stereocenters. The molecule has 33 heavy (non-hydrogen) atoms. The summed E-state index contributed by atoms with van der Waals surface area (Å²) in [6.07, 6.45) is 1.40. The van der Waals surface area contributed by atoms with Crippen molar-refractivity contribution < 1.29 is 23.4 Å². The molecule has 1 N–H and O–H groups in total. The van der Waals surface area contributed by atoms with Crippen LogP contribution in [0.4, 0.5) is 15.9 Å². The van der Waals surface area contributed by atoms with Crippen molar-refractivity contribution in [2.75, 3.05) is 25.6 Å². The van der Waals surface area contributed by atoms with Gasteiger partial charge in [0.2, 0.25) is 0 Å². The lowest BCUT2D eigenvalue weighted by atomic mass is 10.2. The number of anilines is 2. The van der Waals surface area contributed by atoms with E-state index in [0.717, 1.165) is 0 Å². The van der Waals surface area contributed by atoms with Gasteiger partial charge in [-0.15, -0.1) is 0 Å². The molecule has 7 nitrogen and oxygen atoms in total. The molecule has 0 spiro atoms. The lowest BCUT2D eigenvalue weighted by Gasteiger charge is -2.14. The fourth-order valence-corrected chi connectivity index (χ4v) is 3.27. The molecule has 0 aliphatic carbocycles. The summed E-state index contributed by atoms with van der Waals surface area (Å²) in [6, 6.07) is 16.4. The molecule has 0 fully saturated rings. The molecular formula is C24H19ClFN3O4. The Morgan fingerprint density at radius 1 is 1.03 bits per heavy atom. The van der Waals surface area contributed by atoms with Crippen LogP contribution in [0.2, 0.25) is 5.02 Å².